The second-order valence-corrected chi connectivity index (χ2v) is 8.72. The normalized spacial score (nSPS) is 16.8. The van der Waals surface area contributed by atoms with Gasteiger partial charge in [0.2, 0.25) is 0 Å². The van der Waals surface area contributed by atoms with E-state index in [9.17, 15) is 4.79 Å². The molecule has 6 heteroatoms. The number of halogens is 1. The first-order valence-corrected chi connectivity index (χ1v) is 11.9. The Bertz CT molecular complexity index is 1170. The van der Waals surface area contributed by atoms with Gasteiger partial charge in [0.15, 0.2) is 0 Å². The first-order chi connectivity index (χ1) is 16.2. The summed E-state index contributed by atoms with van der Waals surface area (Å²) in [5, 5.41) is 6.54. The van der Waals surface area contributed by atoms with Gasteiger partial charge in [-0.05, 0) is 52.4 Å². The monoisotopic (exact) mass is 477 g/mol. The van der Waals surface area contributed by atoms with Crippen LogP contribution in [0.5, 0.6) is 5.75 Å². The summed E-state index contributed by atoms with van der Waals surface area (Å²) in [6.07, 6.45) is 0.908. The Morgan fingerprint density at radius 1 is 1.00 bits per heavy atom. The van der Waals surface area contributed by atoms with Crippen molar-refractivity contribution in [2.45, 2.75) is 19.4 Å². The molecule has 1 aliphatic carbocycles. The Morgan fingerprint density at radius 3 is 2.44 bits per heavy atom. The number of piperazine rings is 1. The fourth-order valence-electron chi connectivity index (χ4n) is 5.20. The summed E-state index contributed by atoms with van der Waals surface area (Å²) >= 11 is 0. The van der Waals surface area contributed by atoms with Crippen molar-refractivity contribution < 1.29 is 9.53 Å². The lowest BCUT2D eigenvalue weighted by molar-refractivity contribution is 0.0953. The van der Waals surface area contributed by atoms with Gasteiger partial charge in [-0.25, -0.2) is 0 Å². The Hall–Kier alpha value is -2.86. The number of amides is 1. The molecule has 2 aliphatic rings. The number of nitrogens with one attached hydrogen (secondary N) is 2. The zero-order valence-corrected chi connectivity index (χ0v) is 20.6. The fourth-order valence-corrected chi connectivity index (χ4v) is 5.20. The SMILES string of the molecule is CCCNC(=O)c1cc(-c2ccccc2OC)c2c(c1)C(N1CCNCC1)c1ccccc1-2.Cl. The molecule has 5 rings (SSSR count). The third kappa shape index (κ3) is 4.31. The van der Waals surface area contributed by atoms with Crippen LogP contribution in [-0.2, 0) is 0 Å². The predicted octanol–water partition coefficient (Wildman–Crippen LogP) is 4.90. The number of hydrogen-bond acceptors (Lipinski definition) is 4. The topological polar surface area (TPSA) is 53.6 Å². The number of carbonyl (C=O) groups excluding carboxylic acids is 1. The molecule has 1 atom stereocenters. The summed E-state index contributed by atoms with van der Waals surface area (Å²) in [6, 6.07) is 21.1. The van der Waals surface area contributed by atoms with Gasteiger partial charge < -0.3 is 15.4 Å². The fraction of sp³-hybridized carbons (Fsp3) is 0.321. The molecule has 5 nitrogen and oxygen atoms in total. The molecule has 3 aromatic rings. The Morgan fingerprint density at radius 2 is 1.71 bits per heavy atom. The summed E-state index contributed by atoms with van der Waals surface area (Å²) < 4.78 is 5.74. The maximum absolute atomic E-state index is 13.1. The van der Waals surface area contributed by atoms with Crippen molar-refractivity contribution >= 4 is 18.3 Å². The van der Waals surface area contributed by atoms with Crippen LogP contribution < -0.4 is 15.4 Å². The van der Waals surface area contributed by atoms with E-state index in [0.29, 0.717) is 12.1 Å². The number of rotatable bonds is 6. The van der Waals surface area contributed by atoms with Crippen LogP contribution in [-0.4, -0.2) is 50.6 Å². The van der Waals surface area contributed by atoms with E-state index in [4.69, 9.17) is 4.74 Å². The molecule has 1 unspecified atom stereocenters. The molecule has 1 heterocycles. The Labute approximate surface area is 207 Å². The van der Waals surface area contributed by atoms with Gasteiger partial charge in [-0.2, -0.15) is 0 Å². The van der Waals surface area contributed by atoms with Gasteiger partial charge >= 0.3 is 0 Å². The van der Waals surface area contributed by atoms with Crippen LogP contribution >= 0.6 is 12.4 Å². The van der Waals surface area contributed by atoms with Gasteiger partial charge in [0.25, 0.3) is 5.91 Å². The van der Waals surface area contributed by atoms with Crippen LogP contribution in [0.25, 0.3) is 22.3 Å². The lowest BCUT2D eigenvalue weighted by atomic mass is 9.90. The van der Waals surface area contributed by atoms with Crippen LogP contribution in [0.3, 0.4) is 0 Å². The molecular formula is C28H32ClN3O2. The maximum Gasteiger partial charge on any atom is 0.251 e. The molecule has 0 radical (unpaired) electrons. The molecule has 0 bridgehead atoms. The molecule has 0 aromatic heterocycles. The zero-order valence-electron chi connectivity index (χ0n) is 19.8. The second-order valence-electron chi connectivity index (χ2n) is 8.72. The molecule has 1 fully saturated rings. The van der Waals surface area contributed by atoms with Crippen LogP contribution in [0.1, 0.15) is 40.9 Å². The van der Waals surface area contributed by atoms with Crippen molar-refractivity contribution in [3.05, 3.63) is 77.4 Å². The van der Waals surface area contributed by atoms with Gasteiger partial charge in [0, 0.05) is 43.9 Å². The first-order valence-electron chi connectivity index (χ1n) is 11.9. The average molecular weight is 478 g/mol. The third-order valence-electron chi connectivity index (χ3n) is 6.70. The maximum atomic E-state index is 13.1. The van der Waals surface area contributed by atoms with Gasteiger partial charge in [0.1, 0.15) is 5.75 Å². The number of fused-ring (bicyclic) bond motifs is 3. The number of methoxy groups -OCH3 is 1. The van der Waals surface area contributed by atoms with Crippen LogP contribution in [0.15, 0.2) is 60.7 Å². The van der Waals surface area contributed by atoms with Gasteiger partial charge in [-0.1, -0.05) is 49.4 Å². The van der Waals surface area contributed by atoms with E-state index < -0.39 is 0 Å². The summed E-state index contributed by atoms with van der Waals surface area (Å²) in [5.41, 5.74) is 7.76. The number of para-hydroxylation sites is 1. The smallest absolute Gasteiger partial charge is 0.251 e. The molecule has 1 amide bonds. The van der Waals surface area contributed by atoms with E-state index in [1.165, 1.54) is 22.3 Å². The van der Waals surface area contributed by atoms with Crippen molar-refractivity contribution in [1.82, 2.24) is 15.5 Å². The minimum Gasteiger partial charge on any atom is -0.496 e. The highest BCUT2D eigenvalue weighted by Crippen LogP contribution is 2.51. The number of ether oxygens (including phenoxy) is 1. The lowest BCUT2D eigenvalue weighted by Crippen LogP contribution is -2.45. The highest BCUT2D eigenvalue weighted by Gasteiger charge is 2.36. The molecule has 34 heavy (non-hydrogen) atoms. The van der Waals surface area contributed by atoms with Crippen molar-refractivity contribution in [3.63, 3.8) is 0 Å². The molecular weight excluding hydrogens is 446 g/mol. The lowest BCUT2D eigenvalue weighted by Gasteiger charge is -2.34. The van der Waals surface area contributed by atoms with Crippen LogP contribution in [0, 0.1) is 0 Å². The minimum atomic E-state index is -0.0224. The molecule has 3 aromatic carbocycles. The van der Waals surface area contributed by atoms with Crippen LogP contribution in [0.4, 0.5) is 0 Å². The second kappa shape index (κ2) is 10.6. The van der Waals surface area contributed by atoms with Gasteiger partial charge in [0.05, 0.1) is 13.2 Å². The number of benzene rings is 3. The van der Waals surface area contributed by atoms with Gasteiger partial charge in [-0.3, -0.25) is 9.69 Å². The average Bonchev–Trinajstić information content (AvgIpc) is 3.21. The van der Waals surface area contributed by atoms with Crippen molar-refractivity contribution in [2.75, 3.05) is 39.8 Å². The number of carbonyl (C=O) groups is 1. The van der Waals surface area contributed by atoms with Crippen molar-refractivity contribution in [3.8, 4) is 28.0 Å². The minimum absolute atomic E-state index is 0. The van der Waals surface area contributed by atoms with E-state index in [0.717, 1.165) is 49.5 Å². The molecule has 1 saturated heterocycles. The first kappa shape index (κ1) is 24.3. The van der Waals surface area contributed by atoms with Crippen LogP contribution in [0.2, 0.25) is 0 Å². The van der Waals surface area contributed by atoms with E-state index in [2.05, 4.69) is 58.9 Å². The van der Waals surface area contributed by atoms with Crippen molar-refractivity contribution in [1.29, 1.82) is 0 Å². The van der Waals surface area contributed by atoms with Crippen molar-refractivity contribution in [2.24, 2.45) is 0 Å². The Balaban J connectivity index is 0.00000274. The standard InChI is InChI=1S/C28H31N3O2.ClH/c1-3-12-30-28(32)19-17-23(20-8-6-7-11-25(20)33-2)26-21-9-4-5-10-22(21)27(24(26)18-19)31-15-13-29-14-16-31;/h4-11,17-18,27,29H,3,12-16H2,1-2H3,(H,30,32);1H. The molecule has 2 N–H and O–H groups in total. The predicted molar refractivity (Wildman–Crippen MR) is 140 cm³/mol. The highest BCUT2D eigenvalue weighted by atomic mass is 35.5. The zero-order chi connectivity index (χ0) is 22.8. The quantitative estimate of drug-likeness (QED) is 0.530. The summed E-state index contributed by atoms with van der Waals surface area (Å²) in [7, 11) is 1.70. The highest BCUT2D eigenvalue weighted by molar-refractivity contribution is 6.01. The van der Waals surface area contributed by atoms with Gasteiger partial charge in [-0.15, -0.1) is 12.4 Å². The van der Waals surface area contributed by atoms with E-state index in [-0.39, 0.29) is 24.4 Å². The third-order valence-corrected chi connectivity index (χ3v) is 6.70. The molecule has 0 spiro atoms. The van der Waals surface area contributed by atoms with E-state index >= 15 is 0 Å². The number of hydrogen-bond donors (Lipinski definition) is 2. The summed E-state index contributed by atoms with van der Waals surface area (Å²) in [6.45, 7) is 6.65. The Kier molecular flexibility index (Phi) is 7.57. The number of nitrogens with zero attached hydrogens (tertiary/aromatic N) is 1. The molecule has 0 saturated carbocycles. The molecule has 1 aliphatic heterocycles. The van der Waals surface area contributed by atoms with E-state index in [1.54, 1.807) is 7.11 Å². The van der Waals surface area contributed by atoms with E-state index in [1.807, 2.05) is 24.3 Å². The largest absolute Gasteiger partial charge is 0.496 e. The summed E-state index contributed by atoms with van der Waals surface area (Å²) in [4.78, 5) is 15.7. The molecule has 178 valence electrons. The summed E-state index contributed by atoms with van der Waals surface area (Å²) in [5.74, 6) is 0.791.